The quantitative estimate of drug-likeness (QED) is 0.850. The third-order valence-corrected chi connectivity index (χ3v) is 4.09. The minimum atomic E-state index is -0.665. The highest BCUT2D eigenvalue weighted by Gasteiger charge is 2.22. The molecule has 0 saturated carbocycles. The molecule has 113 valence electrons. The van der Waals surface area contributed by atoms with Crippen molar-refractivity contribution in [3.05, 3.63) is 48.0 Å². The molecule has 1 fully saturated rings. The van der Waals surface area contributed by atoms with Crippen LogP contribution in [0.4, 0.5) is 4.79 Å². The lowest BCUT2D eigenvalue weighted by Crippen LogP contribution is -2.50. The molecule has 22 heavy (non-hydrogen) atoms. The van der Waals surface area contributed by atoms with Gasteiger partial charge in [-0.15, -0.1) is 0 Å². The minimum absolute atomic E-state index is 0.0763. The second-order valence-electron chi connectivity index (χ2n) is 5.53. The molecular formula is C17H18N3O2. The molecule has 1 saturated heterocycles. The first kappa shape index (κ1) is 14.4. The lowest BCUT2D eigenvalue weighted by Gasteiger charge is -2.33. The number of hydrogen-bond acceptors (Lipinski definition) is 2. The van der Waals surface area contributed by atoms with Gasteiger partial charge in [-0.25, -0.2) is 10.5 Å². The maximum absolute atomic E-state index is 12.4. The van der Waals surface area contributed by atoms with Gasteiger partial charge < -0.3 is 9.80 Å². The molecule has 0 spiro atoms. The normalized spacial score (nSPS) is 15.1. The van der Waals surface area contributed by atoms with E-state index in [-0.39, 0.29) is 5.91 Å². The fourth-order valence-electron chi connectivity index (χ4n) is 2.79. The van der Waals surface area contributed by atoms with Gasteiger partial charge >= 0.3 is 6.03 Å². The standard InChI is InChI=1S/C17H18N3O2/c18-17(22)20-9-7-19(8-10-20)16(21)12-13-5-6-14-3-1-2-4-15(14)11-13/h1-6,11,18H,7-10,12H2. The van der Waals surface area contributed by atoms with Gasteiger partial charge in [0.15, 0.2) is 0 Å². The fraction of sp³-hybridized carbons (Fsp3) is 0.294. The highest BCUT2D eigenvalue weighted by molar-refractivity contribution is 5.85. The average Bonchev–Trinajstić information content (AvgIpc) is 2.55. The number of carbonyl (C=O) groups is 2. The monoisotopic (exact) mass is 296 g/mol. The summed E-state index contributed by atoms with van der Waals surface area (Å²) in [6.07, 6.45) is 0.375. The third-order valence-electron chi connectivity index (χ3n) is 4.09. The summed E-state index contributed by atoms with van der Waals surface area (Å²) in [6, 6.07) is 13.5. The molecule has 0 aliphatic carbocycles. The summed E-state index contributed by atoms with van der Waals surface area (Å²) in [5, 5.41) is 2.30. The van der Waals surface area contributed by atoms with Crippen molar-refractivity contribution >= 4 is 22.7 Å². The van der Waals surface area contributed by atoms with E-state index in [4.69, 9.17) is 5.73 Å². The summed E-state index contributed by atoms with van der Waals surface area (Å²) in [6.45, 7) is 1.92. The summed E-state index contributed by atoms with van der Waals surface area (Å²) in [5.74, 6) is 0.0763. The Morgan fingerprint density at radius 3 is 2.23 bits per heavy atom. The van der Waals surface area contributed by atoms with Crippen molar-refractivity contribution < 1.29 is 9.59 Å². The molecule has 1 heterocycles. The molecule has 1 aliphatic rings. The van der Waals surface area contributed by atoms with Crippen LogP contribution in [0.15, 0.2) is 42.5 Å². The molecule has 0 unspecified atom stereocenters. The van der Waals surface area contributed by atoms with E-state index in [0.29, 0.717) is 32.6 Å². The van der Waals surface area contributed by atoms with Crippen LogP contribution < -0.4 is 5.73 Å². The van der Waals surface area contributed by atoms with Gasteiger partial charge in [0, 0.05) is 26.2 Å². The summed E-state index contributed by atoms with van der Waals surface area (Å²) in [5.41, 5.74) is 8.09. The van der Waals surface area contributed by atoms with Gasteiger partial charge in [-0.1, -0.05) is 42.5 Å². The maximum Gasteiger partial charge on any atom is 0.336 e. The van der Waals surface area contributed by atoms with Crippen molar-refractivity contribution in [1.82, 2.24) is 15.5 Å². The number of fused-ring (bicyclic) bond motifs is 1. The van der Waals surface area contributed by atoms with Crippen LogP contribution in [0.5, 0.6) is 0 Å². The van der Waals surface area contributed by atoms with E-state index in [2.05, 4.69) is 12.1 Å². The molecular weight excluding hydrogens is 278 g/mol. The first-order chi connectivity index (χ1) is 10.6. The van der Waals surface area contributed by atoms with Gasteiger partial charge in [0.2, 0.25) is 5.91 Å². The Morgan fingerprint density at radius 1 is 0.909 bits per heavy atom. The first-order valence-corrected chi connectivity index (χ1v) is 7.39. The van der Waals surface area contributed by atoms with Crippen LogP contribution in [0, 0.1) is 0 Å². The Labute approximate surface area is 129 Å². The lowest BCUT2D eigenvalue weighted by atomic mass is 10.0. The van der Waals surface area contributed by atoms with Gasteiger partial charge in [-0.05, 0) is 16.3 Å². The van der Waals surface area contributed by atoms with Crippen LogP contribution in [0.1, 0.15) is 5.56 Å². The lowest BCUT2D eigenvalue weighted by molar-refractivity contribution is -0.131. The van der Waals surface area contributed by atoms with Crippen molar-refractivity contribution in [3.8, 4) is 0 Å². The molecule has 1 aliphatic heterocycles. The molecule has 2 aromatic rings. The molecule has 5 nitrogen and oxygen atoms in total. The maximum atomic E-state index is 12.4. The van der Waals surface area contributed by atoms with Crippen molar-refractivity contribution in [2.45, 2.75) is 6.42 Å². The summed E-state index contributed by atoms with van der Waals surface area (Å²) in [7, 11) is 0. The molecule has 3 rings (SSSR count). The molecule has 1 N–H and O–H groups in total. The van der Waals surface area contributed by atoms with Gasteiger partial charge in [-0.3, -0.25) is 4.79 Å². The molecule has 0 atom stereocenters. The number of rotatable bonds is 2. The number of carbonyl (C=O) groups excluding carboxylic acids is 2. The Morgan fingerprint density at radius 2 is 1.55 bits per heavy atom. The molecule has 1 radical (unpaired) electrons. The zero-order valence-electron chi connectivity index (χ0n) is 12.3. The number of piperazine rings is 1. The van der Waals surface area contributed by atoms with Gasteiger partial charge in [0.1, 0.15) is 0 Å². The second kappa shape index (κ2) is 6.05. The summed E-state index contributed by atoms with van der Waals surface area (Å²) in [4.78, 5) is 26.6. The van der Waals surface area contributed by atoms with Crippen LogP contribution >= 0.6 is 0 Å². The van der Waals surface area contributed by atoms with E-state index in [1.165, 1.54) is 10.3 Å². The predicted octanol–water partition coefficient (Wildman–Crippen LogP) is 1.93. The van der Waals surface area contributed by atoms with Gasteiger partial charge in [0.05, 0.1) is 6.42 Å². The van der Waals surface area contributed by atoms with Crippen molar-refractivity contribution in [3.63, 3.8) is 0 Å². The molecule has 5 heteroatoms. The van der Waals surface area contributed by atoms with E-state index in [0.717, 1.165) is 10.9 Å². The van der Waals surface area contributed by atoms with E-state index in [1.807, 2.05) is 30.3 Å². The highest BCUT2D eigenvalue weighted by Crippen LogP contribution is 2.16. The first-order valence-electron chi connectivity index (χ1n) is 7.39. The summed E-state index contributed by atoms with van der Waals surface area (Å²) >= 11 is 0. The number of amides is 3. The number of nitrogens with one attached hydrogen (secondary N) is 1. The van der Waals surface area contributed by atoms with Crippen LogP contribution in [-0.2, 0) is 11.2 Å². The number of hydrogen-bond donors (Lipinski definition) is 0. The Bertz CT molecular complexity index is 706. The zero-order chi connectivity index (χ0) is 15.5. The second-order valence-corrected chi connectivity index (χ2v) is 5.53. The smallest absolute Gasteiger partial charge is 0.336 e. The van der Waals surface area contributed by atoms with E-state index >= 15 is 0 Å². The zero-order valence-corrected chi connectivity index (χ0v) is 12.3. The van der Waals surface area contributed by atoms with E-state index < -0.39 is 6.03 Å². The number of benzene rings is 2. The van der Waals surface area contributed by atoms with Crippen LogP contribution in [0.3, 0.4) is 0 Å². The van der Waals surface area contributed by atoms with Crippen molar-refractivity contribution in [1.29, 1.82) is 0 Å². The van der Waals surface area contributed by atoms with E-state index in [1.54, 1.807) is 4.90 Å². The number of urea groups is 1. The Kier molecular flexibility index (Phi) is 3.96. The molecule has 0 bridgehead atoms. The van der Waals surface area contributed by atoms with Crippen molar-refractivity contribution in [2.75, 3.05) is 26.2 Å². The largest absolute Gasteiger partial charge is 0.339 e. The van der Waals surface area contributed by atoms with Gasteiger partial charge in [-0.2, -0.15) is 0 Å². The SMILES string of the molecule is [NH]C(=O)N1CCN(C(=O)Cc2ccc3ccccc3c2)CC1. The van der Waals surface area contributed by atoms with Crippen LogP contribution in [0.25, 0.3) is 10.8 Å². The summed E-state index contributed by atoms with van der Waals surface area (Å²) < 4.78 is 0. The fourth-order valence-corrected chi connectivity index (χ4v) is 2.79. The van der Waals surface area contributed by atoms with E-state index in [9.17, 15) is 9.59 Å². The van der Waals surface area contributed by atoms with Crippen molar-refractivity contribution in [2.24, 2.45) is 0 Å². The number of nitrogens with zero attached hydrogens (tertiary/aromatic N) is 2. The van der Waals surface area contributed by atoms with Crippen LogP contribution in [-0.4, -0.2) is 47.9 Å². The topological polar surface area (TPSA) is 64.4 Å². The van der Waals surface area contributed by atoms with Gasteiger partial charge in [0.25, 0.3) is 0 Å². The third kappa shape index (κ3) is 3.03. The molecule has 3 amide bonds. The molecule has 0 aromatic heterocycles. The van der Waals surface area contributed by atoms with Crippen LogP contribution in [0.2, 0.25) is 0 Å². The highest BCUT2D eigenvalue weighted by atomic mass is 16.2. The average molecular weight is 296 g/mol. The molecule has 2 aromatic carbocycles. The minimum Gasteiger partial charge on any atom is -0.339 e. The Balaban J connectivity index is 1.65. The predicted molar refractivity (Wildman–Crippen MR) is 84.3 cm³/mol. The Hall–Kier alpha value is -2.56.